The smallest absolute Gasteiger partial charge is 0.313 e. The van der Waals surface area contributed by atoms with Crippen LogP contribution in [0.2, 0.25) is 0 Å². The highest BCUT2D eigenvalue weighted by atomic mass is 16.5. The normalized spacial score (nSPS) is 10.2. The number of rotatable bonds is 11. The van der Waals surface area contributed by atoms with Gasteiger partial charge in [0.2, 0.25) is 0 Å². The summed E-state index contributed by atoms with van der Waals surface area (Å²) >= 11 is 0. The molecule has 0 rings (SSSR count). The molecule has 0 heterocycles. The van der Waals surface area contributed by atoms with Crippen molar-refractivity contribution in [2.45, 2.75) is 64.7 Å². The first-order valence-corrected chi connectivity index (χ1v) is 6.65. The molecule has 0 spiro atoms. The third kappa shape index (κ3) is 12.9. The van der Waals surface area contributed by atoms with E-state index in [9.17, 15) is 4.79 Å². The van der Waals surface area contributed by atoms with Crippen LogP contribution in [0, 0.1) is 5.41 Å². The Balaban J connectivity index is 3.13. The molecule has 0 aliphatic rings. The molecule has 0 aromatic heterocycles. The SMILES string of the molecule is CCCCCCCCCCOC(=O)CC(=N)N. The largest absolute Gasteiger partial charge is 0.465 e. The minimum atomic E-state index is -0.388. The third-order valence-corrected chi connectivity index (χ3v) is 2.60. The maximum Gasteiger partial charge on any atom is 0.313 e. The maximum atomic E-state index is 11.0. The van der Waals surface area contributed by atoms with Crippen molar-refractivity contribution in [3.8, 4) is 0 Å². The fourth-order valence-electron chi connectivity index (χ4n) is 1.63. The van der Waals surface area contributed by atoms with Crippen LogP contribution in [-0.2, 0) is 9.53 Å². The zero-order valence-corrected chi connectivity index (χ0v) is 11.0. The summed E-state index contributed by atoms with van der Waals surface area (Å²) in [6.07, 6.45) is 9.71. The molecular formula is C13H26N2O2. The monoisotopic (exact) mass is 242 g/mol. The lowest BCUT2D eigenvalue weighted by atomic mass is 10.1. The van der Waals surface area contributed by atoms with Crippen LogP contribution in [0.1, 0.15) is 64.7 Å². The molecule has 0 aromatic carbocycles. The Labute approximate surface area is 104 Å². The predicted molar refractivity (Wildman–Crippen MR) is 70.1 cm³/mol. The second kappa shape index (κ2) is 11.4. The van der Waals surface area contributed by atoms with Crippen LogP contribution in [0.15, 0.2) is 0 Å². The van der Waals surface area contributed by atoms with Gasteiger partial charge in [-0.2, -0.15) is 0 Å². The van der Waals surface area contributed by atoms with Gasteiger partial charge in [-0.3, -0.25) is 10.2 Å². The first-order chi connectivity index (χ1) is 8.16. The van der Waals surface area contributed by atoms with Gasteiger partial charge >= 0.3 is 5.97 Å². The molecule has 0 bridgehead atoms. The molecule has 0 unspecified atom stereocenters. The van der Waals surface area contributed by atoms with Gasteiger partial charge in [0.1, 0.15) is 12.3 Å². The van der Waals surface area contributed by atoms with Crippen molar-refractivity contribution >= 4 is 11.8 Å². The standard InChI is InChI=1S/C13H26N2O2/c1-2-3-4-5-6-7-8-9-10-17-13(16)11-12(14)15/h2-11H2,1H3,(H3,14,15). The molecule has 0 atom stereocenters. The summed E-state index contributed by atoms with van der Waals surface area (Å²) in [4.78, 5) is 11.0. The first-order valence-electron chi connectivity index (χ1n) is 6.65. The molecule has 0 saturated carbocycles. The number of amidine groups is 1. The number of esters is 1. The Morgan fingerprint density at radius 2 is 1.59 bits per heavy atom. The molecule has 3 N–H and O–H groups in total. The zero-order valence-electron chi connectivity index (χ0n) is 11.0. The van der Waals surface area contributed by atoms with E-state index in [0.29, 0.717) is 6.61 Å². The summed E-state index contributed by atoms with van der Waals surface area (Å²) < 4.78 is 4.94. The summed E-state index contributed by atoms with van der Waals surface area (Å²) in [5.74, 6) is -0.522. The molecule has 0 fully saturated rings. The van der Waals surface area contributed by atoms with Gasteiger partial charge in [0.25, 0.3) is 0 Å². The van der Waals surface area contributed by atoms with Crippen LogP contribution in [-0.4, -0.2) is 18.4 Å². The van der Waals surface area contributed by atoms with Gasteiger partial charge < -0.3 is 10.5 Å². The minimum absolute atomic E-state index is 0.0863. The van der Waals surface area contributed by atoms with E-state index in [1.807, 2.05) is 0 Å². The van der Waals surface area contributed by atoms with Crippen molar-refractivity contribution in [3.05, 3.63) is 0 Å². The molecular weight excluding hydrogens is 216 g/mol. The summed E-state index contributed by atoms with van der Waals surface area (Å²) in [7, 11) is 0. The highest BCUT2D eigenvalue weighted by molar-refractivity contribution is 5.94. The second-order valence-electron chi connectivity index (χ2n) is 4.40. The van der Waals surface area contributed by atoms with Crippen molar-refractivity contribution in [2.75, 3.05) is 6.61 Å². The lowest BCUT2D eigenvalue weighted by Gasteiger charge is -2.04. The summed E-state index contributed by atoms with van der Waals surface area (Å²) in [6, 6.07) is 0. The lowest BCUT2D eigenvalue weighted by molar-refractivity contribution is -0.142. The number of nitrogens with two attached hydrogens (primary N) is 1. The van der Waals surface area contributed by atoms with E-state index in [1.54, 1.807) is 0 Å². The van der Waals surface area contributed by atoms with Crippen LogP contribution in [0.4, 0.5) is 0 Å². The van der Waals surface area contributed by atoms with E-state index < -0.39 is 0 Å². The summed E-state index contributed by atoms with van der Waals surface area (Å²) in [5.41, 5.74) is 5.09. The van der Waals surface area contributed by atoms with Gasteiger partial charge in [-0.05, 0) is 6.42 Å². The Kier molecular flexibility index (Phi) is 10.7. The van der Waals surface area contributed by atoms with Gasteiger partial charge in [-0.15, -0.1) is 0 Å². The molecule has 0 aromatic rings. The van der Waals surface area contributed by atoms with Crippen molar-refractivity contribution in [1.29, 1.82) is 5.41 Å². The molecule has 4 heteroatoms. The fourth-order valence-corrected chi connectivity index (χ4v) is 1.63. The van der Waals surface area contributed by atoms with Crippen molar-refractivity contribution < 1.29 is 9.53 Å². The second-order valence-corrected chi connectivity index (χ2v) is 4.40. The van der Waals surface area contributed by atoms with Gasteiger partial charge in [0.05, 0.1) is 6.61 Å². The van der Waals surface area contributed by atoms with Crippen LogP contribution in [0.25, 0.3) is 0 Å². The number of carbonyl (C=O) groups is 1. The highest BCUT2D eigenvalue weighted by Gasteiger charge is 2.03. The Morgan fingerprint density at radius 1 is 1.06 bits per heavy atom. The van der Waals surface area contributed by atoms with E-state index in [-0.39, 0.29) is 18.2 Å². The maximum absolute atomic E-state index is 11.0. The lowest BCUT2D eigenvalue weighted by Crippen LogP contribution is -2.17. The number of carbonyl (C=O) groups excluding carboxylic acids is 1. The topological polar surface area (TPSA) is 76.2 Å². The summed E-state index contributed by atoms with van der Waals surface area (Å²) in [5, 5.41) is 6.93. The summed E-state index contributed by atoms with van der Waals surface area (Å²) in [6.45, 7) is 2.68. The van der Waals surface area contributed by atoms with Crippen LogP contribution < -0.4 is 5.73 Å². The van der Waals surface area contributed by atoms with Crippen LogP contribution in [0.5, 0.6) is 0 Å². The molecule has 0 amide bonds. The van der Waals surface area contributed by atoms with E-state index >= 15 is 0 Å². The molecule has 100 valence electrons. The van der Waals surface area contributed by atoms with E-state index in [0.717, 1.165) is 12.8 Å². The van der Waals surface area contributed by atoms with E-state index in [1.165, 1.54) is 38.5 Å². The van der Waals surface area contributed by atoms with Crippen LogP contribution >= 0.6 is 0 Å². The molecule has 0 radical (unpaired) electrons. The minimum Gasteiger partial charge on any atom is -0.465 e. The molecule has 0 aliphatic carbocycles. The Morgan fingerprint density at radius 3 is 2.12 bits per heavy atom. The molecule has 0 aliphatic heterocycles. The number of hydrogen-bond donors (Lipinski definition) is 2. The Bertz CT molecular complexity index is 217. The number of hydrogen-bond acceptors (Lipinski definition) is 3. The average molecular weight is 242 g/mol. The van der Waals surface area contributed by atoms with Crippen LogP contribution in [0.3, 0.4) is 0 Å². The first kappa shape index (κ1) is 15.9. The van der Waals surface area contributed by atoms with Gasteiger partial charge in [-0.1, -0.05) is 51.9 Å². The number of ether oxygens (including phenoxy) is 1. The molecule has 17 heavy (non-hydrogen) atoms. The van der Waals surface area contributed by atoms with E-state index in [4.69, 9.17) is 15.9 Å². The van der Waals surface area contributed by atoms with Gasteiger partial charge in [-0.25, -0.2) is 0 Å². The fraction of sp³-hybridized carbons (Fsp3) is 0.846. The van der Waals surface area contributed by atoms with Crippen molar-refractivity contribution in [1.82, 2.24) is 0 Å². The number of unbranched alkanes of at least 4 members (excludes halogenated alkanes) is 7. The van der Waals surface area contributed by atoms with Crippen molar-refractivity contribution in [2.24, 2.45) is 5.73 Å². The molecule has 0 saturated heterocycles. The predicted octanol–water partition coefficient (Wildman–Crippen LogP) is 3.00. The van der Waals surface area contributed by atoms with E-state index in [2.05, 4.69) is 6.92 Å². The van der Waals surface area contributed by atoms with Gasteiger partial charge in [0, 0.05) is 0 Å². The quantitative estimate of drug-likeness (QED) is 0.253. The van der Waals surface area contributed by atoms with Gasteiger partial charge in [0.15, 0.2) is 0 Å². The molecule has 4 nitrogen and oxygen atoms in total. The number of nitrogens with one attached hydrogen (secondary N) is 1. The highest BCUT2D eigenvalue weighted by Crippen LogP contribution is 2.08. The zero-order chi connectivity index (χ0) is 12.9. The van der Waals surface area contributed by atoms with Crippen molar-refractivity contribution in [3.63, 3.8) is 0 Å². The Hall–Kier alpha value is -1.06. The third-order valence-electron chi connectivity index (χ3n) is 2.60. The average Bonchev–Trinajstić information content (AvgIpc) is 2.26.